The predicted octanol–water partition coefficient (Wildman–Crippen LogP) is 3.69. The summed E-state index contributed by atoms with van der Waals surface area (Å²) in [5, 5.41) is 13.2. The Morgan fingerprint density at radius 1 is 1.30 bits per heavy atom. The number of thiophene rings is 1. The number of nitrogens with zero attached hydrogens (tertiary/aromatic N) is 1. The van der Waals surface area contributed by atoms with Gasteiger partial charge in [-0.2, -0.15) is 0 Å². The van der Waals surface area contributed by atoms with Crippen molar-refractivity contribution in [2.75, 3.05) is 19.7 Å². The quantitative estimate of drug-likeness (QED) is 0.569. The molecule has 178 valence electrons. The third kappa shape index (κ3) is 4.76. The molecule has 2 N–H and O–H groups in total. The topological polar surface area (TPSA) is 86.7 Å². The van der Waals surface area contributed by atoms with E-state index in [0.29, 0.717) is 41.5 Å². The van der Waals surface area contributed by atoms with E-state index in [4.69, 9.17) is 11.6 Å². The van der Waals surface area contributed by atoms with Crippen molar-refractivity contribution >= 4 is 45.6 Å². The average Bonchev–Trinajstić information content (AvgIpc) is 3.49. The molecule has 2 amide bonds. The number of fused-ring (bicyclic) bond motifs is 1. The molecule has 1 unspecified atom stereocenters. The van der Waals surface area contributed by atoms with Gasteiger partial charge < -0.3 is 15.3 Å². The summed E-state index contributed by atoms with van der Waals surface area (Å²) >= 11 is 7.28. The molecule has 0 saturated heterocycles. The van der Waals surface area contributed by atoms with Gasteiger partial charge in [0, 0.05) is 40.3 Å². The second kappa shape index (κ2) is 9.13. The molecule has 2 aromatic rings. The van der Waals surface area contributed by atoms with Crippen molar-refractivity contribution in [2.45, 2.75) is 56.1 Å². The SMILES string of the molecule is Cc1sc2c(c1C(=O)NCc1ccc(Cl)cc1)CCN(CC1(S(=O)C(C)(C)CO)CC1)C2=O. The molecular weight excluding hydrogens is 480 g/mol. The number of aliphatic hydroxyl groups is 1. The van der Waals surface area contributed by atoms with Crippen LogP contribution in [0.5, 0.6) is 0 Å². The molecular formula is C24H29ClN2O4S2. The summed E-state index contributed by atoms with van der Waals surface area (Å²) < 4.78 is 12.0. The van der Waals surface area contributed by atoms with Crippen LogP contribution in [0, 0.1) is 6.92 Å². The molecule has 1 aromatic carbocycles. The first kappa shape index (κ1) is 24.4. The monoisotopic (exact) mass is 508 g/mol. The largest absolute Gasteiger partial charge is 0.395 e. The van der Waals surface area contributed by atoms with Gasteiger partial charge in [0.1, 0.15) is 0 Å². The van der Waals surface area contributed by atoms with Gasteiger partial charge in [0.05, 0.1) is 26.5 Å². The number of nitrogens with one attached hydrogen (secondary N) is 1. The van der Waals surface area contributed by atoms with E-state index < -0.39 is 20.3 Å². The zero-order valence-electron chi connectivity index (χ0n) is 19.1. The summed E-state index contributed by atoms with van der Waals surface area (Å²) in [7, 11) is -1.25. The summed E-state index contributed by atoms with van der Waals surface area (Å²) in [6, 6.07) is 7.32. The molecule has 1 fully saturated rings. The average molecular weight is 509 g/mol. The van der Waals surface area contributed by atoms with Gasteiger partial charge in [-0.15, -0.1) is 11.3 Å². The molecule has 6 nitrogen and oxygen atoms in total. The molecule has 33 heavy (non-hydrogen) atoms. The first-order valence-corrected chi connectivity index (χ1v) is 13.4. The lowest BCUT2D eigenvalue weighted by Gasteiger charge is -2.34. The van der Waals surface area contributed by atoms with Crippen LogP contribution >= 0.6 is 22.9 Å². The molecule has 1 aromatic heterocycles. The van der Waals surface area contributed by atoms with Crippen LogP contribution in [0.3, 0.4) is 0 Å². The van der Waals surface area contributed by atoms with E-state index in [1.165, 1.54) is 11.3 Å². The van der Waals surface area contributed by atoms with E-state index in [1.807, 2.05) is 19.1 Å². The molecule has 0 radical (unpaired) electrons. The molecule has 4 rings (SSSR count). The van der Waals surface area contributed by atoms with E-state index in [9.17, 15) is 18.9 Å². The van der Waals surface area contributed by atoms with Crippen molar-refractivity contribution in [3.05, 3.63) is 55.7 Å². The number of aliphatic hydroxyl groups excluding tert-OH is 1. The number of aryl methyl sites for hydroxylation is 1. The fraction of sp³-hybridized carbons (Fsp3) is 0.500. The molecule has 0 spiro atoms. The fourth-order valence-electron chi connectivity index (χ4n) is 4.35. The van der Waals surface area contributed by atoms with Gasteiger partial charge in [-0.25, -0.2) is 0 Å². The first-order valence-electron chi connectivity index (χ1n) is 11.0. The summed E-state index contributed by atoms with van der Waals surface area (Å²) in [5.41, 5.74) is 2.36. The Bertz CT molecular complexity index is 1110. The van der Waals surface area contributed by atoms with Crippen LogP contribution in [0.1, 0.15) is 62.7 Å². The highest BCUT2D eigenvalue weighted by atomic mass is 35.5. The minimum Gasteiger partial charge on any atom is -0.395 e. The zero-order chi connectivity index (χ0) is 24.0. The molecule has 9 heteroatoms. The second-order valence-corrected chi connectivity index (χ2v) is 13.7. The number of rotatable bonds is 8. The lowest BCUT2D eigenvalue weighted by Crippen LogP contribution is -2.48. The van der Waals surface area contributed by atoms with Crippen LogP contribution in [0.2, 0.25) is 5.02 Å². The van der Waals surface area contributed by atoms with Crippen LogP contribution in [-0.2, 0) is 23.8 Å². The molecule has 2 aliphatic rings. The van der Waals surface area contributed by atoms with Gasteiger partial charge in [-0.1, -0.05) is 23.7 Å². The van der Waals surface area contributed by atoms with Crippen molar-refractivity contribution in [1.82, 2.24) is 10.2 Å². The lowest BCUT2D eigenvalue weighted by molar-refractivity contribution is 0.0742. The standard InChI is InChI=1S/C24H29ClN2O4S2/c1-15-19(21(29)26-12-16-4-6-17(25)7-5-16)18-8-11-27(22(30)20(18)32-15)13-24(9-10-24)33(31)23(2,3)14-28/h4-7,28H,8-14H2,1-3H3,(H,26,29). The summed E-state index contributed by atoms with van der Waals surface area (Å²) in [5.74, 6) is -0.267. The minimum atomic E-state index is -1.25. The molecule has 2 heterocycles. The smallest absolute Gasteiger partial charge is 0.264 e. The van der Waals surface area contributed by atoms with Gasteiger partial charge in [0.2, 0.25) is 0 Å². The van der Waals surface area contributed by atoms with Crippen molar-refractivity contribution in [1.29, 1.82) is 0 Å². The molecule has 0 bridgehead atoms. The van der Waals surface area contributed by atoms with Gasteiger partial charge in [-0.3, -0.25) is 13.8 Å². The lowest BCUT2D eigenvalue weighted by atomic mass is 10.0. The van der Waals surface area contributed by atoms with Crippen LogP contribution in [0.15, 0.2) is 24.3 Å². The maximum Gasteiger partial charge on any atom is 0.264 e. The van der Waals surface area contributed by atoms with Crippen molar-refractivity contribution < 1.29 is 18.9 Å². The predicted molar refractivity (Wildman–Crippen MR) is 133 cm³/mol. The van der Waals surface area contributed by atoms with Crippen LogP contribution in [0.4, 0.5) is 0 Å². The van der Waals surface area contributed by atoms with E-state index in [1.54, 1.807) is 30.9 Å². The number of hydrogen-bond acceptors (Lipinski definition) is 5. The van der Waals surface area contributed by atoms with Gasteiger partial charge in [0.15, 0.2) is 0 Å². The normalized spacial score (nSPS) is 18.1. The van der Waals surface area contributed by atoms with E-state index in [-0.39, 0.29) is 18.4 Å². The number of benzene rings is 1. The van der Waals surface area contributed by atoms with E-state index in [0.717, 1.165) is 28.8 Å². The first-order chi connectivity index (χ1) is 15.6. The highest BCUT2D eigenvalue weighted by Gasteiger charge is 2.55. The molecule has 1 atom stereocenters. The fourth-order valence-corrected chi connectivity index (χ4v) is 7.68. The van der Waals surface area contributed by atoms with Crippen molar-refractivity contribution in [3.8, 4) is 0 Å². The Balaban J connectivity index is 1.48. The van der Waals surface area contributed by atoms with Crippen LogP contribution in [0.25, 0.3) is 0 Å². The number of halogens is 1. The molecule has 1 aliphatic heterocycles. The minimum absolute atomic E-state index is 0.0915. The van der Waals surface area contributed by atoms with E-state index in [2.05, 4.69) is 5.32 Å². The Kier molecular flexibility index (Phi) is 6.75. The second-order valence-electron chi connectivity index (χ2n) is 9.50. The summed E-state index contributed by atoms with van der Waals surface area (Å²) in [4.78, 5) is 29.5. The summed E-state index contributed by atoms with van der Waals surface area (Å²) in [6.07, 6.45) is 2.18. The van der Waals surface area contributed by atoms with Gasteiger partial charge in [0.25, 0.3) is 11.8 Å². The summed E-state index contributed by atoms with van der Waals surface area (Å²) in [6.45, 7) is 6.63. The highest BCUT2D eigenvalue weighted by Crippen LogP contribution is 2.47. The number of hydrogen-bond donors (Lipinski definition) is 2. The van der Waals surface area contributed by atoms with Crippen LogP contribution < -0.4 is 5.32 Å². The van der Waals surface area contributed by atoms with E-state index >= 15 is 0 Å². The number of carbonyl (C=O) groups is 2. The maximum absolute atomic E-state index is 13.3. The maximum atomic E-state index is 13.3. The van der Waals surface area contributed by atoms with Crippen LogP contribution in [-0.4, -0.2) is 55.2 Å². The van der Waals surface area contributed by atoms with Gasteiger partial charge in [-0.05, 0) is 63.3 Å². The van der Waals surface area contributed by atoms with Crippen molar-refractivity contribution in [2.24, 2.45) is 0 Å². The van der Waals surface area contributed by atoms with Crippen molar-refractivity contribution in [3.63, 3.8) is 0 Å². The molecule has 1 saturated carbocycles. The Morgan fingerprint density at radius 3 is 2.58 bits per heavy atom. The highest BCUT2D eigenvalue weighted by molar-refractivity contribution is 7.88. The zero-order valence-corrected chi connectivity index (χ0v) is 21.5. The molecule has 1 aliphatic carbocycles. The Morgan fingerprint density at radius 2 is 1.97 bits per heavy atom. The van der Waals surface area contributed by atoms with Gasteiger partial charge >= 0.3 is 0 Å². The number of amides is 2. The Hall–Kier alpha value is -1.74. The Labute approximate surface area is 205 Å². The third-order valence-corrected chi connectivity index (χ3v) is 10.3. The number of carbonyl (C=O) groups excluding carboxylic acids is 2. The third-order valence-electron chi connectivity index (χ3n) is 6.45.